The molecule has 8 heteroatoms. The van der Waals surface area contributed by atoms with Gasteiger partial charge in [-0.25, -0.2) is 0 Å². The first-order chi connectivity index (χ1) is 20.5. The van der Waals surface area contributed by atoms with Gasteiger partial charge < -0.3 is 29.1 Å². The molecule has 0 aromatic heterocycles. The number of morpholine rings is 1. The zero-order valence-corrected chi connectivity index (χ0v) is 24.3. The summed E-state index contributed by atoms with van der Waals surface area (Å²) in [6.07, 6.45) is 0.718. The van der Waals surface area contributed by atoms with Crippen molar-refractivity contribution in [3.05, 3.63) is 101 Å². The standard InChI is InChI=1S/C34H38N2O6/c1-3-41-28-13-10-26(11-14-28)31-30(33(38)34(39)36(31)17-7-16-35-18-20-40-21-19-35)32(37)27-12-15-29(24(2)22-27)42-23-25-8-5-4-6-9-25/h4-6,8-15,22,31,37H,3,7,16-21,23H2,1-2H3/b32-30+. The maximum atomic E-state index is 13.9. The third-order valence-electron chi connectivity index (χ3n) is 7.84. The van der Waals surface area contributed by atoms with Crippen molar-refractivity contribution in [1.29, 1.82) is 0 Å². The quantitative estimate of drug-likeness (QED) is 0.216. The number of quaternary nitrogens is 1. The lowest BCUT2D eigenvalue weighted by Gasteiger charge is -2.29. The number of hydrogen-bond donors (Lipinski definition) is 1. The smallest absolute Gasteiger partial charge is 0.295 e. The Morgan fingerprint density at radius 1 is 1.00 bits per heavy atom. The van der Waals surface area contributed by atoms with Gasteiger partial charge in [-0.2, -0.15) is 0 Å². The van der Waals surface area contributed by atoms with E-state index in [0.717, 1.165) is 50.4 Å². The Hall–Kier alpha value is -4.14. The number of Topliss-reactive ketones (excluding diaryl/α,β-unsaturated/α-hetero) is 1. The van der Waals surface area contributed by atoms with E-state index in [-0.39, 0.29) is 5.57 Å². The first-order valence-electron chi connectivity index (χ1n) is 14.6. The molecule has 1 N–H and O–H groups in total. The highest BCUT2D eigenvalue weighted by molar-refractivity contribution is 6.46. The molecular formula is C34H38N2O6. The Balaban J connectivity index is 1.42. The van der Waals surface area contributed by atoms with Gasteiger partial charge in [-0.1, -0.05) is 54.3 Å². The van der Waals surface area contributed by atoms with E-state index < -0.39 is 23.5 Å². The predicted octanol–water partition coefficient (Wildman–Crippen LogP) is 2.50. The molecule has 5 rings (SSSR count). The van der Waals surface area contributed by atoms with E-state index in [9.17, 15) is 14.7 Å². The van der Waals surface area contributed by atoms with Crippen molar-refractivity contribution in [1.82, 2.24) is 4.90 Å². The van der Waals surface area contributed by atoms with Gasteiger partial charge in [0.2, 0.25) is 5.78 Å². The van der Waals surface area contributed by atoms with Crippen molar-refractivity contribution in [2.24, 2.45) is 0 Å². The highest BCUT2D eigenvalue weighted by Gasteiger charge is 2.44. The SMILES string of the molecule is CCOc1ccc(C2/C(=C(\[O-])c3ccc(OCc4ccccc4)c(C)c3)C(=O)C(=O)N2CCC[NH+]2CCOCC2)cc1. The first-order valence-corrected chi connectivity index (χ1v) is 14.6. The number of rotatable bonds is 11. The van der Waals surface area contributed by atoms with Gasteiger partial charge in [0.1, 0.15) is 31.2 Å². The summed E-state index contributed by atoms with van der Waals surface area (Å²) in [5.41, 5.74) is 2.86. The van der Waals surface area contributed by atoms with Gasteiger partial charge in [0.15, 0.2) is 0 Å². The summed E-state index contributed by atoms with van der Waals surface area (Å²) in [6, 6.07) is 21.5. The third-order valence-corrected chi connectivity index (χ3v) is 7.84. The zero-order chi connectivity index (χ0) is 29.5. The van der Waals surface area contributed by atoms with E-state index in [1.165, 1.54) is 4.90 Å². The Kier molecular flexibility index (Phi) is 9.56. The topological polar surface area (TPSA) is 92.6 Å². The van der Waals surface area contributed by atoms with E-state index in [2.05, 4.69) is 0 Å². The number of ketones is 1. The molecule has 1 amide bonds. The van der Waals surface area contributed by atoms with E-state index in [4.69, 9.17) is 14.2 Å². The number of ether oxygens (including phenoxy) is 3. The molecule has 3 aromatic rings. The second kappa shape index (κ2) is 13.7. The molecule has 0 bridgehead atoms. The Bertz CT molecular complexity index is 1410. The van der Waals surface area contributed by atoms with Crippen LogP contribution in [-0.4, -0.2) is 62.6 Å². The van der Waals surface area contributed by atoms with Crippen molar-refractivity contribution >= 4 is 17.4 Å². The number of nitrogens with one attached hydrogen (secondary N) is 1. The van der Waals surface area contributed by atoms with Gasteiger partial charge in [0.25, 0.3) is 5.91 Å². The third kappa shape index (κ3) is 6.66. The van der Waals surface area contributed by atoms with Crippen LogP contribution in [0.3, 0.4) is 0 Å². The molecule has 1 unspecified atom stereocenters. The molecule has 0 radical (unpaired) electrons. The van der Waals surface area contributed by atoms with Gasteiger partial charge >= 0.3 is 0 Å². The van der Waals surface area contributed by atoms with E-state index in [1.54, 1.807) is 23.1 Å². The van der Waals surface area contributed by atoms with Crippen LogP contribution in [-0.2, 0) is 20.9 Å². The molecule has 2 aliphatic rings. The lowest BCUT2D eigenvalue weighted by molar-refractivity contribution is -0.908. The van der Waals surface area contributed by atoms with Crippen molar-refractivity contribution in [3.63, 3.8) is 0 Å². The van der Waals surface area contributed by atoms with Gasteiger partial charge in [0, 0.05) is 18.5 Å². The summed E-state index contributed by atoms with van der Waals surface area (Å²) >= 11 is 0. The molecule has 3 aromatic carbocycles. The molecule has 2 saturated heterocycles. The predicted molar refractivity (Wildman–Crippen MR) is 157 cm³/mol. The average Bonchev–Trinajstić information content (AvgIpc) is 3.27. The van der Waals surface area contributed by atoms with Crippen LogP contribution in [0.1, 0.15) is 41.6 Å². The van der Waals surface area contributed by atoms with Crippen LogP contribution < -0.4 is 19.5 Å². The number of benzene rings is 3. The maximum Gasteiger partial charge on any atom is 0.295 e. The molecule has 220 valence electrons. The summed E-state index contributed by atoms with van der Waals surface area (Å²) in [4.78, 5) is 29.8. The first kappa shape index (κ1) is 29.4. The summed E-state index contributed by atoms with van der Waals surface area (Å²) < 4.78 is 17.0. The Morgan fingerprint density at radius 3 is 2.43 bits per heavy atom. The maximum absolute atomic E-state index is 13.9. The van der Waals surface area contributed by atoms with Crippen LogP contribution in [0.5, 0.6) is 11.5 Å². The molecule has 42 heavy (non-hydrogen) atoms. The molecule has 1 atom stereocenters. The summed E-state index contributed by atoms with van der Waals surface area (Å²) in [6.45, 7) is 9.26. The van der Waals surface area contributed by atoms with Crippen LogP contribution in [0, 0.1) is 6.92 Å². The summed E-state index contributed by atoms with van der Waals surface area (Å²) in [5.74, 6) is -0.460. The fourth-order valence-electron chi connectivity index (χ4n) is 5.61. The van der Waals surface area contributed by atoms with Crippen LogP contribution in [0.2, 0.25) is 0 Å². The number of nitrogens with zero attached hydrogens (tertiary/aromatic N) is 1. The van der Waals surface area contributed by atoms with E-state index in [0.29, 0.717) is 42.4 Å². The molecule has 2 aliphatic heterocycles. The number of carbonyl (C=O) groups is 2. The van der Waals surface area contributed by atoms with Crippen LogP contribution >= 0.6 is 0 Å². The number of hydrogen-bond acceptors (Lipinski definition) is 6. The molecule has 0 spiro atoms. The molecular weight excluding hydrogens is 532 g/mol. The minimum atomic E-state index is -0.762. The molecule has 8 nitrogen and oxygen atoms in total. The molecule has 2 heterocycles. The van der Waals surface area contributed by atoms with Crippen LogP contribution in [0.4, 0.5) is 0 Å². The zero-order valence-electron chi connectivity index (χ0n) is 24.3. The second-order valence-corrected chi connectivity index (χ2v) is 10.7. The molecule has 2 fully saturated rings. The fourth-order valence-corrected chi connectivity index (χ4v) is 5.61. The molecule has 0 aliphatic carbocycles. The Morgan fingerprint density at radius 2 is 1.74 bits per heavy atom. The number of amides is 1. The summed E-state index contributed by atoms with van der Waals surface area (Å²) in [5, 5.41) is 13.9. The highest BCUT2D eigenvalue weighted by Crippen LogP contribution is 2.39. The lowest BCUT2D eigenvalue weighted by Crippen LogP contribution is -3.14. The fraction of sp³-hybridized carbons (Fsp3) is 0.353. The van der Waals surface area contributed by atoms with E-state index >= 15 is 0 Å². The second-order valence-electron chi connectivity index (χ2n) is 10.7. The van der Waals surface area contributed by atoms with Gasteiger partial charge in [0.05, 0.1) is 32.4 Å². The number of carbonyl (C=O) groups excluding carboxylic acids is 2. The van der Waals surface area contributed by atoms with Crippen molar-refractivity contribution < 1.29 is 33.8 Å². The average molecular weight is 571 g/mol. The normalized spacial score (nSPS) is 18.8. The number of aryl methyl sites for hydroxylation is 1. The largest absolute Gasteiger partial charge is 0.872 e. The minimum Gasteiger partial charge on any atom is -0.872 e. The minimum absolute atomic E-state index is 0.0137. The Labute approximate surface area is 247 Å². The lowest BCUT2D eigenvalue weighted by atomic mass is 9.94. The van der Waals surface area contributed by atoms with Crippen molar-refractivity contribution in [2.75, 3.05) is 46.0 Å². The van der Waals surface area contributed by atoms with Crippen molar-refractivity contribution in [3.8, 4) is 11.5 Å². The van der Waals surface area contributed by atoms with Crippen molar-refractivity contribution in [2.45, 2.75) is 32.9 Å². The summed E-state index contributed by atoms with van der Waals surface area (Å²) in [7, 11) is 0. The van der Waals surface area contributed by atoms with Crippen LogP contribution in [0.25, 0.3) is 5.76 Å². The van der Waals surface area contributed by atoms with Gasteiger partial charge in [-0.15, -0.1) is 0 Å². The van der Waals surface area contributed by atoms with Gasteiger partial charge in [-0.3, -0.25) is 9.59 Å². The monoisotopic (exact) mass is 570 g/mol. The highest BCUT2D eigenvalue weighted by atomic mass is 16.5. The van der Waals surface area contributed by atoms with Crippen LogP contribution in [0.15, 0.2) is 78.4 Å². The van der Waals surface area contributed by atoms with Gasteiger partial charge in [-0.05, 0) is 60.4 Å². The van der Waals surface area contributed by atoms with E-state index in [1.807, 2.05) is 68.4 Å². The number of likely N-dealkylation sites (tertiary alicyclic amines) is 1. The molecule has 0 saturated carbocycles.